The first-order chi connectivity index (χ1) is 10.3. The Morgan fingerprint density at radius 2 is 2.00 bits per heavy atom. The number of rotatable bonds is 6. The normalized spacial score (nSPS) is 32.9. The highest BCUT2D eigenvalue weighted by Crippen LogP contribution is 2.54. The van der Waals surface area contributed by atoms with Crippen LogP contribution in [0, 0.1) is 5.92 Å². The van der Waals surface area contributed by atoms with Gasteiger partial charge in [0.15, 0.2) is 0 Å². The Hall–Kier alpha value is -1.15. The molecule has 1 N–H and O–H groups in total. The molecule has 0 amide bonds. The third kappa shape index (κ3) is 2.23. The molecule has 2 saturated heterocycles. The molecule has 7 nitrogen and oxygen atoms in total. The number of fused-ring (bicyclic) bond motifs is 2. The average Bonchev–Trinajstić information content (AvgIpc) is 2.97. The lowest BCUT2D eigenvalue weighted by atomic mass is 9.89. The number of ether oxygens (including phenoxy) is 1. The minimum absolute atomic E-state index is 0.128. The number of aliphatic carboxylic acids is 1. The number of carboxylic acid groups (broad SMARTS) is 1. The highest BCUT2D eigenvalue weighted by Gasteiger charge is 2.64. The van der Waals surface area contributed by atoms with E-state index in [1.807, 2.05) is 0 Å². The first kappa shape index (κ1) is 15.7. The number of carboxylic acids is 1. The van der Waals surface area contributed by atoms with Crippen LogP contribution in [0.3, 0.4) is 0 Å². The molecule has 1 saturated carbocycles. The van der Waals surface area contributed by atoms with E-state index in [1.54, 1.807) is 6.92 Å². The summed E-state index contributed by atoms with van der Waals surface area (Å²) >= 11 is 0. The van der Waals surface area contributed by atoms with Crippen molar-refractivity contribution in [2.75, 3.05) is 6.61 Å². The third-order valence-electron chi connectivity index (χ3n) is 5.19. The molecule has 0 aromatic rings. The second-order valence-corrected chi connectivity index (χ2v) is 8.72. The Labute approximate surface area is 129 Å². The van der Waals surface area contributed by atoms with Crippen LogP contribution < -0.4 is 0 Å². The topological polar surface area (TPSA) is 101 Å². The van der Waals surface area contributed by atoms with Crippen LogP contribution in [0.1, 0.15) is 45.4 Å². The van der Waals surface area contributed by atoms with Crippen LogP contribution in [-0.2, 0) is 24.3 Å². The van der Waals surface area contributed by atoms with Crippen LogP contribution in [0.5, 0.6) is 0 Å². The van der Waals surface area contributed by atoms with Crippen molar-refractivity contribution in [3.63, 3.8) is 0 Å². The van der Waals surface area contributed by atoms with E-state index in [-0.39, 0.29) is 19.1 Å². The highest BCUT2D eigenvalue weighted by molar-refractivity contribution is 7.90. The van der Waals surface area contributed by atoms with Crippen LogP contribution in [0.4, 0.5) is 0 Å². The summed E-state index contributed by atoms with van der Waals surface area (Å²) in [5.74, 6) is -2.04. The zero-order valence-electron chi connectivity index (χ0n) is 12.5. The lowest BCUT2D eigenvalue weighted by molar-refractivity contribution is -0.144. The molecule has 2 heterocycles. The molecular weight excluding hydrogens is 310 g/mol. The van der Waals surface area contributed by atoms with Crippen molar-refractivity contribution in [1.82, 2.24) is 4.31 Å². The van der Waals surface area contributed by atoms with Gasteiger partial charge in [-0.1, -0.05) is 0 Å². The quantitative estimate of drug-likeness (QED) is 0.720. The van der Waals surface area contributed by atoms with Gasteiger partial charge in [-0.2, -0.15) is 4.31 Å². The summed E-state index contributed by atoms with van der Waals surface area (Å²) in [4.78, 5) is 23.0. The van der Waals surface area contributed by atoms with E-state index >= 15 is 0 Å². The van der Waals surface area contributed by atoms with E-state index in [0.717, 1.165) is 0 Å². The lowest BCUT2D eigenvalue weighted by Crippen LogP contribution is -2.45. The first-order valence-electron chi connectivity index (χ1n) is 7.74. The number of carbonyl (C=O) groups is 2. The molecule has 0 radical (unpaired) electrons. The van der Waals surface area contributed by atoms with Gasteiger partial charge in [-0.15, -0.1) is 0 Å². The predicted molar refractivity (Wildman–Crippen MR) is 76.5 cm³/mol. The maximum absolute atomic E-state index is 13.0. The lowest BCUT2D eigenvalue weighted by Gasteiger charge is -2.27. The molecular formula is C14H21NO6S. The largest absolute Gasteiger partial charge is 0.481 e. The van der Waals surface area contributed by atoms with Gasteiger partial charge < -0.3 is 9.84 Å². The maximum atomic E-state index is 13.0. The molecule has 2 aliphatic heterocycles. The Balaban J connectivity index is 1.82. The molecule has 8 heteroatoms. The van der Waals surface area contributed by atoms with Gasteiger partial charge in [0.25, 0.3) is 0 Å². The number of nitrogens with zero attached hydrogens (tertiary/aromatic N) is 1. The van der Waals surface area contributed by atoms with E-state index in [1.165, 1.54) is 4.31 Å². The number of hydrogen-bond donors (Lipinski definition) is 1. The third-order valence-corrected chi connectivity index (χ3v) is 7.97. The molecule has 1 aliphatic carbocycles. The number of sulfonamides is 1. The summed E-state index contributed by atoms with van der Waals surface area (Å²) in [5, 5.41) is 9.26. The predicted octanol–water partition coefficient (Wildman–Crippen LogP) is 0.739. The fourth-order valence-electron chi connectivity index (χ4n) is 3.94. The molecule has 2 bridgehead atoms. The summed E-state index contributed by atoms with van der Waals surface area (Å²) in [6, 6.07) is -0.678. The minimum Gasteiger partial charge on any atom is -0.481 e. The van der Waals surface area contributed by atoms with E-state index in [9.17, 15) is 23.1 Å². The second kappa shape index (κ2) is 5.19. The van der Waals surface area contributed by atoms with Crippen LogP contribution >= 0.6 is 0 Å². The van der Waals surface area contributed by atoms with Crippen LogP contribution in [-0.4, -0.2) is 53.2 Å². The molecule has 0 aromatic carbocycles. The zero-order valence-corrected chi connectivity index (χ0v) is 13.3. The monoisotopic (exact) mass is 331 g/mol. The van der Waals surface area contributed by atoms with Crippen molar-refractivity contribution in [2.45, 2.75) is 62.3 Å². The summed E-state index contributed by atoms with van der Waals surface area (Å²) in [7, 11) is -3.67. The molecule has 124 valence electrons. The van der Waals surface area contributed by atoms with Gasteiger partial charge in [0, 0.05) is 12.1 Å². The summed E-state index contributed by atoms with van der Waals surface area (Å²) in [6.45, 7) is 1.91. The van der Waals surface area contributed by atoms with Gasteiger partial charge in [0.05, 0.1) is 23.7 Å². The van der Waals surface area contributed by atoms with Gasteiger partial charge in [-0.25, -0.2) is 8.42 Å². The smallest absolute Gasteiger partial charge is 0.308 e. The van der Waals surface area contributed by atoms with Crippen LogP contribution in [0.15, 0.2) is 0 Å². The molecule has 3 rings (SSSR count). The number of hydrogen-bond acceptors (Lipinski definition) is 5. The average molecular weight is 331 g/mol. The van der Waals surface area contributed by atoms with Gasteiger partial charge in [-0.3, -0.25) is 9.59 Å². The van der Waals surface area contributed by atoms with Crippen molar-refractivity contribution in [3.8, 4) is 0 Å². The summed E-state index contributed by atoms with van der Waals surface area (Å²) in [5.41, 5.74) is 0. The van der Waals surface area contributed by atoms with E-state index in [4.69, 9.17) is 4.74 Å². The van der Waals surface area contributed by atoms with Gasteiger partial charge in [0.1, 0.15) is 0 Å². The number of carbonyl (C=O) groups excluding carboxylic acids is 1. The van der Waals surface area contributed by atoms with Crippen molar-refractivity contribution >= 4 is 22.0 Å². The molecule has 3 unspecified atom stereocenters. The van der Waals surface area contributed by atoms with Gasteiger partial charge in [0.2, 0.25) is 10.0 Å². The molecule has 0 spiro atoms. The van der Waals surface area contributed by atoms with Crippen molar-refractivity contribution in [2.24, 2.45) is 5.92 Å². The van der Waals surface area contributed by atoms with E-state index in [2.05, 4.69) is 0 Å². The summed E-state index contributed by atoms with van der Waals surface area (Å²) in [6.07, 6.45) is 2.45. The maximum Gasteiger partial charge on any atom is 0.308 e. The van der Waals surface area contributed by atoms with Crippen LogP contribution in [0.2, 0.25) is 0 Å². The molecule has 3 fully saturated rings. The molecule has 0 aromatic heterocycles. The standard InChI is InChI=1S/C14H21NO6S/c1-2-21-12(16)8-14(5-6-14)22(19,20)15-9-3-4-11(15)10(7-9)13(17)18/h9-11H,2-8H2,1H3,(H,17,18). The Morgan fingerprint density at radius 3 is 2.50 bits per heavy atom. The van der Waals surface area contributed by atoms with E-state index < -0.39 is 38.7 Å². The first-order valence-corrected chi connectivity index (χ1v) is 9.18. The summed E-state index contributed by atoms with van der Waals surface area (Å²) < 4.78 is 31.3. The molecule has 3 aliphatic rings. The number of esters is 1. The van der Waals surface area contributed by atoms with Crippen LogP contribution in [0.25, 0.3) is 0 Å². The molecule has 22 heavy (non-hydrogen) atoms. The van der Waals surface area contributed by atoms with Crippen molar-refractivity contribution in [3.05, 3.63) is 0 Å². The fourth-order valence-corrected chi connectivity index (χ4v) is 6.50. The Kier molecular flexibility index (Phi) is 3.71. The Morgan fingerprint density at radius 1 is 1.32 bits per heavy atom. The zero-order chi connectivity index (χ0) is 16.1. The Bertz CT molecular complexity index is 596. The van der Waals surface area contributed by atoms with Gasteiger partial charge in [-0.05, 0) is 39.0 Å². The minimum atomic E-state index is -3.67. The highest BCUT2D eigenvalue weighted by atomic mass is 32.2. The van der Waals surface area contributed by atoms with Gasteiger partial charge >= 0.3 is 11.9 Å². The van der Waals surface area contributed by atoms with Crippen molar-refractivity contribution in [1.29, 1.82) is 0 Å². The fraction of sp³-hybridized carbons (Fsp3) is 0.857. The van der Waals surface area contributed by atoms with E-state index in [0.29, 0.717) is 32.1 Å². The second-order valence-electron chi connectivity index (χ2n) is 6.48. The molecule has 3 atom stereocenters. The SMILES string of the molecule is CCOC(=O)CC1(S(=O)(=O)N2C3CCC2C(C(=O)O)C3)CC1. The van der Waals surface area contributed by atoms with Crippen molar-refractivity contribution < 1.29 is 27.9 Å².